The molecular weight excluding hydrogens is 412 g/mol. The van der Waals surface area contributed by atoms with Gasteiger partial charge in [0.15, 0.2) is 0 Å². The van der Waals surface area contributed by atoms with Crippen LogP contribution in [0, 0.1) is 0 Å². The summed E-state index contributed by atoms with van der Waals surface area (Å²) in [6.07, 6.45) is 8.39. The molecule has 1 aliphatic rings. The molecule has 31 heavy (non-hydrogen) atoms. The third kappa shape index (κ3) is 6.80. The quantitative estimate of drug-likeness (QED) is 0.643. The average Bonchev–Trinajstić information content (AvgIpc) is 2.75. The SMILES string of the molecule is COc1ccc(C(=O)NC2CCCCCCC2)cc1S(=O)(=O)NCCc1ccccc1. The molecule has 3 rings (SSSR count). The summed E-state index contributed by atoms with van der Waals surface area (Å²) in [6, 6.07) is 14.4. The van der Waals surface area contributed by atoms with Crippen LogP contribution in [0.1, 0.15) is 60.9 Å². The molecule has 1 amide bonds. The highest BCUT2D eigenvalue weighted by Gasteiger charge is 2.22. The van der Waals surface area contributed by atoms with Crippen molar-refractivity contribution in [1.29, 1.82) is 0 Å². The van der Waals surface area contributed by atoms with Gasteiger partial charge in [-0.3, -0.25) is 4.79 Å². The van der Waals surface area contributed by atoms with E-state index in [1.807, 2.05) is 30.3 Å². The van der Waals surface area contributed by atoms with Crippen LogP contribution in [0.5, 0.6) is 5.75 Å². The minimum atomic E-state index is -3.83. The normalized spacial score (nSPS) is 15.6. The highest BCUT2D eigenvalue weighted by molar-refractivity contribution is 7.89. The summed E-state index contributed by atoms with van der Waals surface area (Å²) < 4.78 is 33.7. The van der Waals surface area contributed by atoms with Crippen LogP contribution in [0.15, 0.2) is 53.4 Å². The van der Waals surface area contributed by atoms with E-state index in [0.717, 1.165) is 31.2 Å². The van der Waals surface area contributed by atoms with E-state index >= 15 is 0 Å². The zero-order valence-electron chi connectivity index (χ0n) is 18.1. The molecule has 1 aliphatic carbocycles. The minimum Gasteiger partial charge on any atom is -0.495 e. The van der Waals surface area contributed by atoms with Gasteiger partial charge in [-0.05, 0) is 43.0 Å². The second-order valence-corrected chi connectivity index (χ2v) is 9.75. The van der Waals surface area contributed by atoms with Crippen molar-refractivity contribution in [2.45, 2.75) is 62.3 Å². The van der Waals surface area contributed by atoms with Gasteiger partial charge in [-0.25, -0.2) is 13.1 Å². The Kier molecular flexibility index (Phi) is 8.49. The molecule has 1 fully saturated rings. The highest BCUT2D eigenvalue weighted by atomic mass is 32.2. The Morgan fingerprint density at radius 2 is 1.68 bits per heavy atom. The predicted octanol–water partition coefficient (Wildman–Crippen LogP) is 4.06. The van der Waals surface area contributed by atoms with Gasteiger partial charge in [0.25, 0.3) is 5.91 Å². The molecule has 0 saturated heterocycles. The molecule has 0 bridgehead atoms. The van der Waals surface area contributed by atoms with Crippen LogP contribution in [0.25, 0.3) is 0 Å². The van der Waals surface area contributed by atoms with Crippen LogP contribution in [0.3, 0.4) is 0 Å². The number of carbonyl (C=O) groups is 1. The molecule has 2 N–H and O–H groups in total. The Balaban J connectivity index is 1.70. The number of sulfonamides is 1. The fraction of sp³-hybridized carbons (Fsp3) is 0.458. The predicted molar refractivity (Wildman–Crippen MR) is 122 cm³/mol. The molecule has 168 valence electrons. The van der Waals surface area contributed by atoms with Crippen molar-refractivity contribution in [3.8, 4) is 5.75 Å². The van der Waals surface area contributed by atoms with Gasteiger partial charge in [0.05, 0.1) is 7.11 Å². The maximum absolute atomic E-state index is 12.9. The molecule has 0 atom stereocenters. The van der Waals surface area contributed by atoms with Crippen LogP contribution >= 0.6 is 0 Å². The Bertz CT molecular complexity index is 953. The van der Waals surface area contributed by atoms with Gasteiger partial charge in [-0.15, -0.1) is 0 Å². The van der Waals surface area contributed by atoms with Gasteiger partial charge in [-0.1, -0.05) is 62.4 Å². The third-order valence-corrected chi connectivity index (χ3v) is 7.19. The largest absolute Gasteiger partial charge is 0.495 e. The number of methoxy groups -OCH3 is 1. The summed E-state index contributed by atoms with van der Waals surface area (Å²) in [5.41, 5.74) is 1.37. The summed E-state index contributed by atoms with van der Waals surface area (Å²) in [7, 11) is -2.40. The first-order valence-corrected chi connectivity index (χ1v) is 12.5. The smallest absolute Gasteiger partial charge is 0.251 e. The van der Waals surface area contributed by atoms with Crippen LogP contribution < -0.4 is 14.8 Å². The maximum Gasteiger partial charge on any atom is 0.251 e. The number of hydrogen-bond donors (Lipinski definition) is 2. The van der Waals surface area contributed by atoms with Crippen molar-refractivity contribution in [1.82, 2.24) is 10.0 Å². The molecule has 0 aliphatic heterocycles. The van der Waals surface area contributed by atoms with E-state index in [0.29, 0.717) is 12.0 Å². The first kappa shape index (κ1) is 23.3. The second-order valence-electron chi connectivity index (χ2n) is 8.01. The van der Waals surface area contributed by atoms with E-state index in [2.05, 4.69) is 10.0 Å². The lowest BCUT2D eigenvalue weighted by Crippen LogP contribution is -2.35. The van der Waals surface area contributed by atoms with Crippen LogP contribution in [0.2, 0.25) is 0 Å². The molecule has 7 heteroatoms. The zero-order valence-corrected chi connectivity index (χ0v) is 18.9. The number of carbonyl (C=O) groups excluding carboxylic acids is 1. The lowest BCUT2D eigenvalue weighted by Gasteiger charge is -2.21. The standard InChI is InChI=1S/C24H32N2O4S/c1-30-22-15-14-20(24(27)26-21-12-8-3-2-4-9-13-21)18-23(22)31(28,29)25-17-16-19-10-6-5-7-11-19/h5-7,10-11,14-15,18,21,25H,2-4,8-9,12-13,16-17H2,1H3,(H,26,27). The Labute approximate surface area is 185 Å². The minimum absolute atomic E-state index is 0.0200. The number of hydrogen-bond acceptors (Lipinski definition) is 4. The molecule has 0 aromatic heterocycles. The van der Waals surface area contributed by atoms with Crippen LogP contribution in [-0.2, 0) is 16.4 Å². The molecule has 0 radical (unpaired) electrons. The highest BCUT2D eigenvalue weighted by Crippen LogP contribution is 2.25. The number of nitrogens with one attached hydrogen (secondary N) is 2. The summed E-state index contributed by atoms with van der Waals surface area (Å²) in [5, 5.41) is 3.09. The number of benzene rings is 2. The van der Waals surface area contributed by atoms with Crippen molar-refractivity contribution in [3.63, 3.8) is 0 Å². The summed E-state index contributed by atoms with van der Waals surface area (Å²) in [6.45, 7) is 0.258. The number of ether oxygens (including phenoxy) is 1. The lowest BCUT2D eigenvalue weighted by atomic mass is 9.96. The van der Waals surface area contributed by atoms with Gasteiger partial charge < -0.3 is 10.1 Å². The molecule has 6 nitrogen and oxygen atoms in total. The molecule has 0 heterocycles. The van der Waals surface area contributed by atoms with E-state index in [9.17, 15) is 13.2 Å². The molecule has 0 unspecified atom stereocenters. The second kappa shape index (κ2) is 11.3. The molecule has 1 saturated carbocycles. The van der Waals surface area contributed by atoms with Gasteiger partial charge in [0, 0.05) is 18.2 Å². The first-order chi connectivity index (χ1) is 15.0. The van der Waals surface area contributed by atoms with Crippen molar-refractivity contribution >= 4 is 15.9 Å². The van der Waals surface area contributed by atoms with Crippen LogP contribution in [0.4, 0.5) is 0 Å². The summed E-state index contributed by atoms with van der Waals surface area (Å²) >= 11 is 0. The fourth-order valence-corrected chi connectivity index (χ4v) is 5.17. The first-order valence-electron chi connectivity index (χ1n) is 11.0. The van der Waals surface area contributed by atoms with E-state index in [4.69, 9.17) is 4.74 Å². The Hall–Kier alpha value is -2.38. The van der Waals surface area contributed by atoms with Crippen molar-refractivity contribution in [2.24, 2.45) is 0 Å². The van der Waals surface area contributed by atoms with Crippen molar-refractivity contribution in [2.75, 3.05) is 13.7 Å². The van der Waals surface area contributed by atoms with E-state index in [-0.39, 0.29) is 29.1 Å². The topological polar surface area (TPSA) is 84.5 Å². The van der Waals surface area contributed by atoms with E-state index in [1.54, 1.807) is 12.1 Å². The summed E-state index contributed by atoms with van der Waals surface area (Å²) in [4.78, 5) is 12.8. The zero-order chi connectivity index (χ0) is 22.1. The summed E-state index contributed by atoms with van der Waals surface area (Å²) in [5.74, 6) is -0.0244. The Morgan fingerprint density at radius 1 is 1.00 bits per heavy atom. The average molecular weight is 445 g/mol. The van der Waals surface area contributed by atoms with Crippen molar-refractivity contribution < 1.29 is 17.9 Å². The monoisotopic (exact) mass is 444 g/mol. The molecule has 2 aromatic rings. The van der Waals surface area contributed by atoms with Gasteiger partial charge in [-0.2, -0.15) is 0 Å². The molecule has 0 spiro atoms. The molecule has 2 aromatic carbocycles. The number of rotatable bonds is 8. The maximum atomic E-state index is 12.9. The van der Waals surface area contributed by atoms with Crippen LogP contribution in [-0.4, -0.2) is 34.0 Å². The third-order valence-electron chi connectivity index (χ3n) is 5.70. The van der Waals surface area contributed by atoms with Gasteiger partial charge in [0.1, 0.15) is 10.6 Å². The van der Waals surface area contributed by atoms with E-state index in [1.165, 1.54) is 32.4 Å². The van der Waals surface area contributed by atoms with Gasteiger partial charge in [0.2, 0.25) is 10.0 Å². The van der Waals surface area contributed by atoms with Crippen molar-refractivity contribution in [3.05, 3.63) is 59.7 Å². The van der Waals surface area contributed by atoms with E-state index < -0.39 is 10.0 Å². The number of amides is 1. The Morgan fingerprint density at radius 3 is 2.35 bits per heavy atom. The lowest BCUT2D eigenvalue weighted by molar-refractivity contribution is 0.0930. The fourth-order valence-electron chi connectivity index (χ4n) is 3.95. The molecular formula is C24H32N2O4S. The van der Waals surface area contributed by atoms with Gasteiger partial charge >= 0.3 is 0 Å².